The molecule has 0 amide bonds. The summed E-state index contributed by atoms with van der Waals surface area (Å²) in [6.07, 6.45) is 4.72. The van der Waals surface area contributed by atoms with Crippen LogP contribution in [-0.2, 0) is 19.4 Å². The van der Waals surface area contributed by atoms with Crippen LogP contribution in [0.4, 0.5) is 0 Å². The fourth-order valence-corrected chi connectivity index (χ4v) is 2.48. The summed E-state index contributed by atoms with van der Waals surface area (Å²) in [6.45, 7) is 4.50. The molecule has 2 heterocycles. The lowest BCUT2D eigenvalue weighted by Gasteiger charge is -2.13. The molecule has 0 saturated carbocycles. The molecule has 5 nitrogen and oxygen atoms in total. The molecule has 0 aromatic carbocycles. The number of aryl methyl sites for hydroxylation is 3. The van der Waals surface area contributed by atoms with Gasteiger partial charge in [-0.3, -0.25) is 0 Å². The van der Waals surface area contributed by atoms with Crippen LogP contribution in [0.15, 0.2) is 4.42 Å². The van der Waals surface area contributed by atoms with Crippen molar-refractivity contribution in [2.45, 2.75) is 46.1 Å². The molecule has 0 fully saturated rings. The normalized spacial score (nSPS) is 14.9. The predicted octanol–water partition coefficient (Wildman–Crippen LogP) is 1.81. The Bertz CT molecular complexity index is 541. The molecule has 0 bridgehead atoms. The number of hydrogen-bond acceptors (Lipinski definition) is 4. The van der Waals surface area contributed by atoms with Crippen molar-refractivity contribution in [3.05, 3.63) is 29.0 Å². The van der Waals surface area contributed by atoms with Crippen LogP contribution in [0.1, 0.15) is 41.8 Å². The quantitative estimate of drug-likeness (QED) is 0.792. The summed E-state index contributed by atoms with van der Waals surface area (Å²) < 4.78 is 7.64. The Morgan fingerprint density at radius 1 is 1.18 bits per heavy atom. The largest absolute Gasteiger partial charge is 0.424 e. The van der Waals surface area contributed by atoms with Crippen LogP contribution in [0.3, 0.4) is 0 Å². The smallest absolute Gasteiger partial charge is 0.236 e. The summed E-state index contributed by atoms with van der Waals surface area (Å²) >= 11 is 0. The molecule has 90 valence electrons. The molecule has 0 spiro atoms. The van der Waals surface area contributed by atoms with Crippen molar-refractivity contribution in [2.75, 3.05) is 0 Å². The van der Waals surface area contributed by atoms with Crippen molar-refractivity contribution in [3.8, 4) is 0 Å². The van der Waals surface area contributed by atoms with Gasteiger partial charge in [-0.1, -0.05) is 0 Å². The predicted molar refractivity (Wildman–Crippen MR) is 61.7 cm³/mol. The first kappa shape index (κ1) is 10.5. The second-order valence-electron chi connectivity index (χ2n) is 4.56. The van der Waals surface area contributed by atoms with E-state index in [0.717, 1.165) is 18.7 Å². The standard InChI is InChI=1S/C12H16N4O/c1-8-13-10-5-3-4-6-11(10)16(8)7-12-15-14-9(2)17-12/h3-7H2,1-2H3. The second-order valence-corrected chi connectivity index (χ2v) is 4.56. The van der Waals surface area contributed by atoms with Crippen LogP contribution in [0.25, 0.3) is 0 Å². The minimum atomic E-state index is 0.617. The summed E-state index contributed by atoms with van der Waals surface area (Å²) in [5.41, 5.74) is 2.61. The Balaban J connectivity index is 1.94. The van der Waals surface area contributed by atoms with Gasteiger partial charge >= 0.3 is 0 Å². The maximum Gasteiger partial charge on any atom is 0.236 e. The van der Waals surface area contributed by atoms with Crippen molar-refractivity contribution in [3.63, 3.8) is 0 Å². The number of aromatic nitrogens is 4. The van der Waals surface area contributed by atoms with Crippen molar-refractivity contribution >= 4 is 0 Å². The van der Waals surface area contributed by atoms with Gasteiger partial charge in [0.05, 0.1) is 5.69 Å². The van der Waals surface area contributed by atoms with Gasteiger partial charge in [-0.15, -0.1) is 10.2 Å². The SMILES string of the molecule is Cc1nnc(Cn2c(C)nc3c2CCCC3)o1. The lowest BCUT2D eigenvalue weighted by Crippen LogP contribution is -2.10. The Labute approximate surface area is 99.9 Å². The van der Waals surface area contributed by atoms with Gasteiger partial charge in [0.1, 0.15) is 12.4 Å². The molecule has 2 aromatic rings. The third-order valence-corrected chi connectivity index (χ3v) is 3.28. The van der Waals surface area contributed by atoms with E-state index in [9.17, 15) is 0 Å². The topological polar surface area (TPSA) is 56.7 Å². The van der Waals surface area contributed by atoms with Gasteiger partial charge in [0.25, 0.3) is 0 Å². The van der Waals surface area contributed by atoms with Gasteiger partial charge in [-0.2, -0.15) is 0 Å². The van der Waals surface area contributed by atoms with E-state index < -0.39 is 0 Å². The van der Waals surface area contributed by atoms with E-state index in [0.29, 0.717) is 18.3 Å². The monoisotopic (exact) mass is 232 g/mol. The molecule has 5 heteroatoms. The highest BCUT2D eigenvalue weighted by molar-refractivity contribution is 5.20. The summed E-state index contributed by atoms with van der Waals surface area (Å²) in [4.78, 5) is 4.63. The summed E-state index contributed by atoms with van der Waals surface area (Å²) in [5, 5.41) is 7.90. The fourth-order valence-electron chi connectivity index (χ4n) is 2.48. The lowest BCUT2D eigenvalue weighted by atomic mass is 10.0. The Morgan fingerprint density at radius 2 is 2.00 bits per heavy atom. The molecule has 0 N–H and O–H groups in total. The van der Waals surface area contributed by atoms with Crippen molar-refractivity contribution in [2.24, 2.45) is 0 Å². The number of nitrogens with zero attached hydrogens (tertiary/aromatic N) is 4. The van der Waals surface area contributed by atoms with E-state index in [1.807, 2.05) is 13.8 Å². The molecule has 0 atom stereocenters. The molecule has 0 unspecified atom stereocenters. The van der Waals surface area contributed by atoms with E-state index >= 15 is 0 Å². The first-order chi connectivity index (χ1) is 8.24. The van der Waals surface area contributed by atoms with Crippen LogP contribution in [0, 0.1) is 13.8 Å². The zero-order valence-corrected chi connectivity index (χ0v) is 10.2. The molecule has 0 aliphatic heterocycles. The van der Waals surface area contributed by atoms with E-state index in [4.69, 9.17) is 4.42 Å². The minimum absolute atomic E-state index is 0.617. The van der Waals surface area contributed by atoms with Crippen LogP contribution < -0.4 is 0 Å². The Morgan fingerprint density at radius 3 is 2.76 bits per heavy atom. The number of imidazole rings is 1. The van der Waals surface area contributed by atoms with E-state index in [2.05, 4.69) is 19.7 Å². The lowest BCUT2D eigenvalue weighted by molar-refractivity contribution is 0.447. The first-order valence-corrected chi connectivity index (χ1v) is 6.08. The molecule has 0 radical (unpaired) electrons. The summed E-state index contributed by atoms with van der Waals surface area (Å²) in [5.74, 6) is 2.33. The zero-order chi connectivity index (χ0) is 11.8. The maximum absolute atomic E-state index is 5.43. The fraction of sp³-hybridized carbons (Fsp3) is 0.583. The van der Waals surface area contributed by atoms with E-state index in [1.54, 1.807) is 0 Å². The Hall–Kier alpha value is -1.65. The molecule has 1 aliphatic carbocycles. The zero-order valence-electron chi connectivity index (χ0n) is 10.2. The maximum atomic E-state index is 5.43. The van der Waals surface area contributed by atoms with Gasteiger partial charge in [0, 0.05) is 12.6 Å². The van der Waals surface area contributed by atoms with Crippen LogP contribution in [0.2, 0.25) is 0 Å². The third kappa shape index (κ3) is 1.85. The van der Waals surface area contributed by atoms with Gasteiger partial charge < -0.3 is 8.98 Å². The van der Waals surface area contributed by atoms with Gasteiger partial charge in [-0.05, 0) is 32.6 Å². The van der Waals surface area contributed by atoms with Crippen molar-refractivity contribution < 1.29 is 4.42 Å². The average Bonchev–Trinajstić information content (AvgIpc) is 2.85. The molecule has 2 aromatic heterocycles. The number of fused-ring (bicyclic) bond motifs is 1. The number of hydrogen-bond donors (Lipinski definition) is 0. The molecular formula is C12H16N4O. The molecular weight excluding hydrogens is 216 g/mol. The minimum Gasteiger partial charge on any atom is -0.424 e. The molecule has 17 heavy (non-hydrogen) atoms. The first-order valence-electron chi connectivity index (χ1n) is 6.08. The van der Waals surface area contributed by atoms with Crippen molar-refractivity contribution in [1.29, 1.82) is 0 Å². The highest BCUT2D eigenvalue weighted by Gasteiger charge is 2.19. The van der Waals surface area contributed by atoms with Crippen LogP contribution in [0.5, 0.6) is 0 Å². The van der Waals surface area contributed by atoms with Crippen molar-refractivity contribution in [1.82, 2.24) is 19.7 Å². The third-order valence-electron chi connectivity index (χ3n) is 3.28. The number of rotatable bonds is 2. The van der Waals surface area contributed by atoms with E-state index in [-0.39, 0.29) is 0 Å². The average molecular weight is 232 g/mol. The van der Waals surface area contributed by atoms with Crippen LogP contribution in [-0.4, -0.2) is 19.7 Å². The van der Waals surface area contributed by atoms with Gasteiger partial charge in [-0.25, -0.2) is 4.98 Å². The highest BCUT2D eigenvalue weighted by Crippen LogP contribution is 2.22. The van der Waals surface area contributed by atoms with Gasteiger partial charge in [0.15, 0.2) is 0 Å². The molecule has 1 aliphatic rings. The second kappa shape index (κ2) is 3.98. The van der Waals surface area contributed by atoms with E-state index in [1.165, 1.54) is 24.2 Å². The van der Waals surface area contributed by atoms with Crippen LogP contribution >= 0.6 is 0 Å². The van der Waals surface area contributed by atoms with Gasteiger partial charge in [0.2, 0.25) is 11.8 Å². The Kier molecular flexibility index (Phi) is 2.46. The summed E-state index contributed by atoms with van der Waals surface area (Å²) in [7, 11) is 0. The summed E-state index contributed by atoms with van der Waals surface area (Å²) in [6, 6.07) is 0. The highest BCUT2D eigenvalue weighted by atomic mass is 16.4. The molecule has 0 saturated heterocycles. The molecule has 3 rings (SSSR count).